The highest BCUT2D eigenvalue weighted by atomic mass is 32.1. The molecule has 0 aliphatic heterocycles. The van der Waals surface area contributed by atoms with E-state index in [-0.39, 0.29) is 0 Å². The number of aromatic nitrogens is 2. The van der Waals surface area contributed by atoms with Gasteiger partial charge in [-0.15, -0.1) is 11.3 Å². The Morgan fingerprint density at radius 2 is 1.15 bits per heavy atom. The van der Waals surface area contributed by atoms with Crippen LogP contribution in [-0.4, -0.2) is 9.55 Å². The zero-order valence-electron chi connectivity index (χ0n) is 21.0. The smallest absolute Gasteiger partial charge is 0.0555 e. The normalized spacial score (nSPS) is 12.1. The third kappa shape index (κ3) is 3.02. The van der Waals surface area contributed by atoms with Gasteiger partial charge in [-0.3, -0.25) is 0 Å². The maximum Gasteiger partial charge on any atom is 0.0555 e. The van der Waals surface area contributed by atoms with Gasteiger partial charge in [-0.25, -0.2) is 0 Å². The minimum absolute atomic E-state index is 1.18. The molecule has 0 spiro atoms. The van der Waals surface area contributed by atoms with Crippen LogP contribution in [0.1, 0.15) is 0 Å². The van der Waals surface area contributed by atoms with Crippen LogP contribution in [0.15, 0.2) is 127 Å². The maximum atomic E-state index is 3.62. The Balaban J connectivity index is 1.35. The lowest BCUT2D eigenvalue weighted by atomic mass is 10.1. The monoisotopic (exact) mass is 514 g/mol. The Kier molecular flexibility index (Phi) is 4.24. The zero-order chi connectivity index (χ0) is 25.5. The number of rotatable bonds is 2. The molecule has 0 amide bonds. The first kappa shape index (κ1) is 21.1. The van der Waals surface area contributed by atoms with Crippen molar-refractivity contribution in [1.29, 1.82) is 0 Å². The molecule has 0 unspecified atom stereocenters. The molecule has 0 saturated carbocycles. The van der Waals surface area contributed by atoms with Gasteiger partial charge in [0, 0.05) is 58.4 Å². The van der Waals surface area contributed by atoms with Crippen molar-refractivity contribution >= 4 is 75.1 Å². The highest BCUT2D eigenvalue weighted by Crippen LogP contribution is 2.42. The van der Waals surface area contributed by atoms with E-state index < -0.39 is 0 Å². The molecule has 0 bridgehead atoms. The van der Waals surface area contributed by atoms with Crippen LogP contribution in [0.5, 0.6) is 0 Å². The van der Waals surface area contributed by atoms with Crippen molar-refractivity contribution in [2.45, 2.75) is 0 Å². The fourth-order valence-corrected chi connectivity index (χ4v) is 7.46. The van der Waals surface area contributed by atoms with Crippen molar-refractivity contribution in [2.24, 2.45) is 0 Å². The van der Waals surface area contributed by atoms with Crippen LogP contribution in [0.3, 0.4) is 0 Å². The van der Waals surface area contributed by atoms with E-state index in [2.05, 4.69) is 137 Å². The summed E-state index contributed by atoms with van der Waals surface area (Å²) in [5.41, 5.74) is 8.52. The lowest BCUT2D eigenvalue weighted by Gasteiger charge is -2.10. The van der Waals surface area contributed by atoms with Crippen LogP contribution < -0.4 is 0 Å². The molecule has 182 valence electrons. The minimum Gasteiger partial charge on any atom is -0.354 e. The van der Waals surface area contributed by atoms with Gasteiger partial charge in [0.15, 0.2) is 0 Å². The number of fused-ring (bicyclic) bond motifs is 9. The van der Waals surface area contributed by atoms with Crippen LogP contribution in [0.4, 0.5) is 0 Å². The molecule has 1 N–H and O–H groups in total. The van der Waals surface area contributed by atoms with E-state index in [1.165, 1.54) is 80.6 Å². The second-order valence-corrected chi connectivity index (χ2v) is 11.4. The molecule has 0 aliphatic carbocycles. The van der Waals surface area contributed by atoms with E-state index in [0.29, 0.717) is 0 Å². The number of thiophene rings is 1. The molecule has 6 aromatic carbocycles. The second kappa shape index (κ2) is 7.83. The van der Waals surface area contributed by atoms with Gasteiger partial charge in [-0.2, -0.15) is 0 Å². The molecule has 0 saturated heterocycles. The summed E-state index contributed by atoms with van der Waals surface area (Å²) in [5.74, 6) is 0. The van der Waals surface area contributed by atoms with Gasteiger partial charge >= 0.3 is 0 Å². The number of para-hydroxylation sites is 2. The third-order valence-corrected chi connectivity index (χ3v) is 9.22. The molecular weight excluding hydrogens is 492 g/mol. The zero-order valence-corrected chi connectivity index (χ0v) is 21.8. The van der Waals surface area contributed by atoms with Crippen molar-refractivity contribution < 1.29 is 0 Å². The van der Waals surface area contributed by atoms with Gasteiger partial charge in [0.1, 0.15) is 0 Å². The van der Waals surface area contributed by atoms with Crippen molar-refractivity contribution in [3.63, 3.8) is 0 Å². The number of nitrogens with zero attached hydrogens (tertiary/aromatic N) is 1. The summed E-state index contributed by atoms with van der Waals surface area (Å²) in [6, 6.07) is 46.4. The lowest BCUT2D eigenvalue weighted by molar-refractivity contribution is 1.18. The summed E-state index contributed by atoms with van der Waals surface area (Å²) >= 11 is 1.88. The van der Waals surface area contributed by atoms with E-state index >= 15 is 0 Å². The van der Waals surface area contributed by atoms with Crippen LogP contribution in [0.25, 0.3) is 80.6 Å². The topological polar surface area (TPSA) is 20.7 Å². The van der Waals surface area contributed by atoms with Crippen LogP contribution in [0.2, 0.25) is 0 Å². The predicted molar refractivity (Wildman–Crippen MR) is 168 cm³/mol. The van der Waals surface area contributed by atoms with Crippen LogP contribution in [0, 0.1) is 0 Å². The van der Waals surface area contributed by atoms with E-state index in [1.807, 2.05) is 11.3 Å². The summed E-state index contributed by atoms with van der Waals surface area (Å²) in [6.07, 6.45) is 0. The number of benzene rings is 6. The van der Waals surface area contributed by atoms with Crippen LogP contribution in [-0.2, 0) is 0 Å². The Bertz CT molecular complexity index is 2390. The Morgan fingerprint density at radius 1 is 0.436 bits per heavy atom. The standard InChI is InChI=1S/C36H22N2S/c1-2-9-22(10-3-1)23-11-8-12-24(17-23)38-33-16-7-5-14-26(33)28-19-30-29-18-27-25-13-4-6-15-31(25)37-32(27)20-35(29)39-36(30)21-34(28)38/h1-21,37H. The Morgan fingerprint density at radius 3 is 2.05 bits per heavy atom. The number of hydrogen-bond donors (Lipinski definition) is 1. The molecule has 9 aromatic rings. The molecule has 0 fully saturated rings. The van der Waals surface area contributed by atoms with E-state index in [4.69, 9.17) is 0 Å². The van der Waals surface area contributed by atoms with Crippen LogP contribution >= 0.6 is 11.3 Å². The quantitative estimate of drug-likeness (QED) is 0.237. The van der Waals surface area contributed by atoms with Crippen molar-refractivity contribution in [3.8, 4) is 16.8 Å². The average molecular weight is 515 g/mol. The second-order valence-electron chi connectivity index (χ2n) is 10.3. The van der Waals surface area contributed by atoms with Crippen molar-refractivity contribution in [1.82, 2.24) is 9.55 Å². The molecule has 0 aliphatic rings. The molecule has 2 nitrogen and oxygen atoms in total. The number of nitrogens with one attached hydrogen (secondary N) is 1. The first-order valence-corrected chi connectivity index (χ1v) is 14.1. The summed E-state index contributed by atoms with van der Waals surface area (Å²) < 4.78 is 5.06. The summed E-state index contributed by atoms with van der Waals surface area (Å²) in [6.45, 7) is 0. The van der Waals surface area contributed by atoms with Gasteiger partial charge in [-0.05, 0) is 59.7 Å². The number of H-pyrrole nitrogens is 1. The molecule has 0 radical (unpaired) electrons. The van der Waals surface area contributed by atoms with Gasteiger partial charge in [0.05, 0.1) is 11.0 Å². The molecule has 3 heteroatoms. The Labute approximate surface area is 228 Å². The molecule has 9 rings (SSSR count). The minimum atomic E-state index is 1.18. The first-order valence-electron chi connectivity index (χ1n) is 13.3. The average Bonchev–Trinajstić information content (AvgIpc) is 3.63. The first-order chi connectivity index (χ1) is 19.3. The molecular formula is C36H22N2S. The lowest BCUT2D eigenvalue weighted by Crippen LogP contribution is -1.94. The molecule has 39 heavy (non-hydrogen) atoms. The molecule has 0 atom stereocenters. The number of aromatic amines is 1. The van der Waals surface area contributed by atoms with Gasteiger partial charge < -0.3 is 9.55 Å². The fraction of sp³-hybridized carbons (Fsp3) is 0. The molecule has 3 aromatic heterocycles. The molecule has 3 heterocycles. The van der Waals surface area contributed by atoms with Gasteiger partial charge in [0.2, 0.25) is 0 Å². The van der Waals surface area contributed by atoms with Gasteiger partial charge in [0.25, 0.3) is 0 Å². The predicted octanol–water partition coefficient (Wildman–Crippen LogP) is 10.5. The largest absolute Gasteiger partial charge is 0.354 e. The third-order valence-electron chi connectivity index (χ3n) is 8.10. The maximum absolute atomic E-state index is 3.62. The van der Waals surface area contributed by atoms with Crippen molar-refractivity contribution in [2.75, 3.05) is 0 Å². The fourth-order valence-electron chi connectivity index (χ4n) is 6.32. The Hall–Kier alpha value is -4.86. The van der Waals surface area contributed by atoms with Crippen molar-refractivity contribution in [3.05, 3.63) is 127 Å². The highest BCUT2D eigenvalue weighted by molar-refractivity contribution is 7.26. The summed E-state index contributed by atoms with van der Waals surface area (Å²) in [7, 11) is 0. The van der Waals surface area contributed by atoms with E-state index in [0.717, 1.165) is 0 Å². The highest BCUT2D eigenvalue weighted by Gasteiger charge is 2.17. The SMILES string of the molecule is c1ccc(-c2cccc(-n3c4ccccc4c4cc5c(cc43)sc3cc4[nH]c6ccccc6c4cc35)c2)cc1. The van der Waals surface area contributed by atoms with Gasteiger partial charge in [-0.1, -0.05) is 78.9 Å². The number of hydrogen-bond acceptors (Lipinski definition) is 1. The summed E-state index contributed by atoms with van der Waals surface area (Å²) in [4.78, 5) is 3.62. The van der Waals surface area contributed by atoms with E-state index in [1.54, 1.807) is 0 Å². The summed E-state index contributed by atoms with van der Waals surface area (Å²) in [5, 5.41) is 7.81. The van der Waals surface area contributed by atoms with E-state index in [9.17, 15) is 0 Å².